The number of ether oxygens (including phenoxy) is 1. The molecule has 0 aliphatic carbocycles. The van der Waals surface area contributed by atoms with E-state index in [1.807, 2.05) is 11.0 Å². The van der Waals surface area contributed by atoms with E-state index in [1.54, 1.807) is 12.1 Å². The maximum absolute atomic E-state index is 14.5. The molecule has 7 nitrogen and oxygen atoms in total. The second-order valence-corrected chi connectivity index (χ2v) is 6.00. The van der Waals surface area contributed by atoms with Crippen LogP contribution in [-0.2, 0) is 9.57 Å². The molecule has 2 aromatic rings. The van der Waals surface area contributed by atoms with Gasteiger partial charge in [0.05, 0.1) is 31.2 Å². The average Bonchev–Trinajstić information content (AvgIpc) is 3.32. The Labute approximate surface area is 144 Å². The van der Waals surface area contributed by atoms with Crippen LogP contribution in [0, 0.1) is 5.82 Å². The first-order valence-corrected chi connectivity index (χ1v) is 8.29. The van der Waals surface area contributed by atoms with Crippen molar-refractivity contribution in [2.24, 2.45) is 5.16 Å². The minimum absolute atomic E-state index is 0.117. The lowest BCUT2D eigenvalue weighted by Crippen LogP contribution is -2.36. The molecule has 1 N–H and O–H groups in total. The Bertz CT molecular complexity index is 744. The van der Waals surface area contributed by atoms with Gasteiger partial charge in [0.25, 0.3) is 0 Å². The molecule has 1 atom stereocenters. The number of hydrogen-bond acceptors (Lipinski definition) is 7. The first kappa shape index (κ1) is 15.9. The number of anilines is 2. The van der Waals surface area contributed by atoms with Gasteiger partial charge in [0.1, 0.15) is 18.2 Å². The number of nitrogens with one attached hydrogen (secondary N) is 1. The van der Waals surface area contributed by atoms with Gasteiger partial charge in [0.2, 0.25) is 0 Å². The zero-order valence-corrected chi connectivity index (χ0v) is 13.7. The van der Waals surface area contributed by atoms with Gasteiger partial charge < -0.3 is 24.3 Å². The highest BCUT2D eigenvalue weighted by Gasteiger charge is 2.24. The van der Waals surface area contributed by atoms with Gasteiger partial charge in [-0.25, -0.2) is 4.39 Å². The fourth-order valence-electron chi connectivity index (χ4n) is 2.98. The number of nitrogens with zero attached hydrogens (tertiary/aromatic N) is 3. The molecular formula is C17H19FN4O3. The summed E-state index contributed by atoms with van der Waals surface area (Å²) in [4.78, 5) is 7.42. The third kappa shape index (κ3) is 3.58. The lowest BCUT2D eigenvalue weighted by Gasteiger charge is -2.29. The maximum Gasteiger partial charge on any atom is 0.169 e. The van der Waals surface area contributed by atoms with Gasteiger partial charge >= 0.3 is 0 Å². The van der Waals surface area contributed by atoms with Crippen molar-refractivity contribution in [2.75, 3.05) is 43.1 Å². The Hall–Kier alpha value is -2.61. The van der Waals surface area contributed by atoms with E-state index in [-0.39, 0.29) is 11.9 Å². The van der Waals surface area contributed by atoms with Gasteiger partial charge in [-0.1, -0.05) is 16.4 Å². The molecule has 1 aromatic heterocycles. The Morgan fingerprint density at radius 3 is 2.88 bits per heavy atom. The Morgan fingerprint density at radius 2 is 2.12 bits per heavy atom. The molecule has 25 heavy (non-hydrogen) atoms. The van der Waals surface area contributed by atoms with Crippen LogP contribution in [0.15, 0.2) is 40.2 Å². The van der Waals surface area contributed by atoms with Crippen LogP contribution in [-0.4, -0.2) is 49.8 Å². The van der Waals surface area contributed by atoms with E-state index in [1.165, 1.54) is 12.3 Å². The Morgan fingerprint density at radius 1 is 1.24 bits per heavy atom. The molecule has 0 amide bonds. The van der Waals surface area contributed by atoms with E-state index >= 15 is 0 Å². The summed E-state index contributed by atoms with van der Waals surface area (Å²) in [6.07, 6.45) is 1.99. The largest absolute Gasteiger partial charge is 0.390 e. The number of morpholine rings is 1. The van der Waals surface area contributed by atoms with Crippen molar-refractivity contribution in [3.05, 3.63) is 41.9 Å². The minimum atomic E-state index is -0.244. The molecule has 1 unspecified atom stereocenters. The molecule has 0 spiro atoms. The van der Waals surface area contributed by atoms with Crippen molar-refractivity contribution >= 4 is 17.2 Å². The fourth-order valence-corrected chi connectivity index (χ4v) is 2.98. The van der Waals surface area contributed by atoms with Crippen LogP contribution in [0.4, 0.5) is 15.9 Å². The highest BCUT2D eigenvalue weighted by atomic mass is 19.1. The van der Waals surface area contributed by atoms with E-state index in [0.29, 0.717) is 50.8 Å². The van der Waals surface area contributed by atoms with Crippen molar-refractivity contribution in [2.45, 2.75) is 12.5 Å². The third-order valence-corrected chi connectivity index (χ3v) is 4.31. The third-order valence-electron chi connectivity index (χ3n) is 4.31. The zero-order valence-electron chi connectivity index (χ0n) is 13.7. The van der Waals surface area contributed by atoms with E-state index < -0.39 is 0 Å². The molecule has 3 heterocycles. The second-order valence-electron chi connectivity index (χ2n) is 6.00. The summed E-state index contributed by atoms with van der Waals surface area (Å²) in [5.41, 5.74) is 2.11. The molecule has 2 aliphatic heterocycles. The smallest absolute Gasteiger partial charge is 0.169 e. The second kappa shape index (κ2) is 7.10. The molecule has 8 heteroatoms. The highest BCUT2D eigenvalue weighted by molar-refractivity contribution is 6.01. The predicted molar refractivity (Wildman–Crippen MR) is 90.5 cm³/mol. The first-order valence-electron chi connectivity index (χ1n) is 8.29. The van der Waals surface area contributed by atoms with Crippen molar-refractivity contribution in [1.29, 1.82) is 0 Å². The van der Waals surface area contributed by atoms with E-state index in [0.717, 1.165) is 11.3 Å². The number of halogens is 1. The summed E-state index contributed by atoms with van der Waals surface area (Å²) in [6.45, 7) is 3.21. The summed E-state index contributed by atoms with van der Waals surface area (Å²) >= 11 is 0. The summed E-state index contributed by atoms with van der Waals surface area (Å²) in [5, 5.41) is 11.0. The van der Waals surface area contributed by atoms with Gasteiger partial charge in [-0.2, -0.15) is 0 Å². The van der Waals surface area contributed by atoms with Crippen molar-refractivity contribution in [3.8, 4) is 0 Å². The molecule has 1 saturated heterocycles. The minimum Gasteiger partial charge on any atom is -0.390 e. The van der Waals surface area contributed by atoms with Crippen LogP contribution < -0.4 is 10.2 Å². The number of benzene rings is 1. The monoisotopic (exact) mass is 346 g/mol. The van der Waals surface area contributed by atoms with Crippen LogP contribution in [0.1, 0.15) is 12.0 Å². The van der Waals surface area contributed by atoms with Crippen LogP contribution in [0.3, 0.4) is 0 Å². The van der Waals surface area contributed by atoms with E-state index in [2.05, 4.69) is 15.6 Å². The number of aromatic nitrogens is 1. The lowest BCUT2D eigenvalue weighted by atomic mass is 10.0. The normalized spacial score (nSPS) is 20.3. The first-order chi connectivity index (χ1) is 12.3. The van der Waals surface area contributed by atoms with Crippen molar-refractivity contribution in [1.82, 2.24) is 5.16 Å². The quantitative estimate of drug-likeness (QED) is 0.895. The molecule has 1 fully saturated rings. The number of hydrogen-bond donors (Lipinski definition) is 1. The molecule has 0 radical (unpaired) electrons. The van der Waals surface area contributed by atoms with E-state index in [4.69, 9.17) is 14.1 Å². The standard InChI is InChI=1S/C17H19FN4O3/c18-14-9-12(1-2-16(14)22-4-7-23-8-5-22)15-10-13(25-20-15)11-19-17-3-6-24-21-17/h1-3,6,9,13H,4-5,7-8,10-11H2,(H,19,21). The van der Waals surface area contributed by atoms with Crippen molar-refractivity contribution < 1.29 is 18.5 Å². The summed E-state index contributed by atoms with van der Waals surface area (Å²) < 4.78 is 24.6. The van der Waals surface area contributed by atoms with Gasteiger partial charge in [-0.05, 0) is 12.1 Å². The summed E-state index contributed by atoms with van der Waals surface area (Å²) in [5.74, 6) is 0.407. The van der Waals surface area contributed by atoms with Gasteiger partial charge in [0, 0.05) is 31.1 Å². The SMILES string of the molecule is Fc1cc(C2=NOC(CNc3ccon3)C2)ccc1N1CCOCC1. The predicted octanol–water partition coefficient (Wildman–Crippen LogP) is 2.26. The fraction of sp³-hybridized carbons (Fsp3) is 0.412. The molecule has 0 saturated carbocycles. The van der Waals surface area contributed by atoms with Crippen LogP contribution in [0.25, 0.3) is 0 Å². The molecule has 2 aliphatic rings. The topological polar surface area (TPSA) is 72.1 Å². The molecule has 132 valence electrons. The maximum atomic E-state index is 14.5. The summed E-state index contributed by atoms with van der Waals surface area (Å²) in [7, 11) is 0. The van der Waals surface area contributed by atoms with Crippen LogP contribution >= 0.6 is 0 Å². The van der Waals surface area contributed by atoms with Gasteiger partial charge in [0.15, 0.2) is 5.82 Å². The zero-order chi connectivity index (χ0) is 17.1. The summed E-state index contributed by atoms with van der Waals surface area (Å²) in [6, 6.07) is 6.96. The highest BCUT2D eigenvalue weighted by Crippen LogP contribution is 2.24. The van der Waals surface area contributed by atoms with Crippen molar-refractivity contribution in [3.63, 3.8) is 0 Å². The molecule has 0 bridgehead atoms. The van der Waals surface area contributed by atoms with E-state index in [9.17, 15) is 4.39 Å². The number of rotatable bonds is 5. The van der Waals surface area contributed by atoms with Crippen LogP contribution in [0.5, 0.6) is 0 Å². The molecule has 1 aromatic carbocycles. The Kier molecular flexibility index (Phi) is 4.51. The average molecular weight is 346 g/mol. The van der Waals surface area contributed by atoms with Gasteiger partial charge in [-0.15, -0.1) is 0 Å². The Balaban J connectivity index is 1.38. The molecular weight excluding hydrogens is 327 g/mol. The number of oxime groups is 1. The van der Waals surface area contributed by atoms with Crippen LogP contribution in [0.2, 0.25) is 0 Å². The molecule has 4 rings (SSSR count). The van der Waals surface area contributed by atoms with Gasteiger partial charge in [-0.3, -0.25) is 0 Å². The lowest BCUT2D eigenvalue weighted by molar-refractivity contribution is 0.0948.